The second-order valence-electron chi connectivity index (χ2n) is 4.61. The fourth-order valence-electron chi connectivity index (χ4n) is 2.67. The van der Waals surface area contributed by atoms with E-state index in [2.05, 4.69) is 20.2 Å². The average Bonchev–Trinajstić information content (AvgIpc) is 3.11. The number of hydrogen-bond donors (Lipinski definition) is 0. The van der Waals surface area contributed by atoms with E-state index in [0.29, 0.717) is 13.2 Å². The Morgan fingerprint density at radius 2 is 2.17 bits per heavy atom. The number of rotatable bonds is 1. The number of fused-ring (bicyclic) bond motifs is 1. The Kier molecular flexibility index (Phi) is 2.30. The van der Waals surface area contributed by atoms with Crippen LogP contribution in [0, 0.1) is 0 Å². The molecule has 0 aromatic carbocycles. The lowest BCUT2D eigenvalue weighted by Crippen LogP contribution is -2.34. The van der Waals surface area contributed by atoms with Crippen molar-refractivity contribution >= 4 is 27.4 Å². The molecule has 0 bridgehead atoms. The first kappa shape index (κ1) is 10.7. The number of nitrogens with zero attached hydrogens (tertiary/aromatic N) is 3. The van der Waals surface area contributed by atoms with Crippen LogP contribution in [0.5, 0.6) is 0 Å². The van der Waals surface area contributed by atoms with Gasteiger partial charge in [-0.05, 0) is 11.4 Å². The molecule has 2 aromatic rings. The van der Waals surface area contributed by atoms with Crippen LogP contribution in [-0.2, 0) is 9.47 Å². The largest absolute Gasteiger partial charge is 0.350 e. The van der Waals surface area contributed by atoms with E-state index < -0.39 is 5.79 Å². The van der Waals surface area contributed by atoms with Crippen molar-refractivity contribution in [2.45, 2.75) is 12.2 Å². The molecule has 0 amide bonds. The van der Waals surface area contributed by atoms with E-state index in [9.17, 15) is 0 Å². The van der Waals surface area contributed by atoms with E-state index in [1.54, 1.807) is 17.7 Å². The van der Waals surface area contributed by atoms with Crippen molar-refractivity contribution in [3.05, 3.63) is 17.8 Å². The highest BCUT2D eigenvalue weighted by atomic mass is 32.1. The summed E-state index contributed by atoms with van der Waals surface area (Å²) in [6, 6.07) is 2.03. The van der Waals surface area contributed by atoms with Crippen molar-refractivity contribution in [3.8, 4) is 0 Å². The van der Waals surface area contributed by atoms with E-state index >= 15 is 0 Å². The van der Waals surface area contributed by atoms with Gasteiger partial charge in [-0.1, -0.05) is 0 Å². The molecule has 0 atom stereocenters. The van der Waals surface area contributed by atoms with Gasteiger partial charge in [0.1, 0.15) is 12.1 Å². The van der Waals surface area contributed by atoms with Crippen LogP contribution < -0.4 is 4.90 Å². The fourth-order valence-corrected chi connectivity index (χ4v) is 3.53. The molecule has 0 unspecified atom stereocenters. The summed E-state index contributed by atoms with van der Waals surface area (Å²) in [7, 11) is 0. The predicted molar refractivity (Wildman–Crippen MR) is 68.9 cm³/mol. The summed E-state index contributed by atoms with van der Waals surface area (Å²) in [5, 5.41) is 2.05. The molecule has 4 rings (SSSR count). The van der Waals surface area contributed by atoms with E-state index in [-0.39, 0.29) is 0 Å². The molecule has 2 saturated heterocycles. The normalized spacial score (nSPS) is 22.3. The zero-order chi connectivity index (χ0) is 12.0. The minimum absolute atomic E-state index is 0.394. The topological polar surface area (TPSA) is 47.5 Å². The highest BCUT2D eigenvalue weighted by molar-refractivity contribution is 7.17. The van der Waals surface area contributed by atoms with Crippen LogP contribution in [0.2, 0.25) is 0 Å². The molecule has 0 N–H and O–H groups in total. The van der Waals surface area contributed by atoms with Gasteiger partial charge in [-0.25, -0.2) is 9.97 Å². The van der Waals surface area contributed by atoms with Crippen molar-refractivity contribution in [2.24, 2.45) is 0 Å². The van der Waals surface area contributed by atoms with E-state index in [1.807, 2.05) is 6.07 Å². The summed E-state index contributed by atoms with van der Waals surface area (Å²) >= 11 is 1.68. The number of thiophene rings is 1. The molecule has 0 saturated carbocycles. The van der Waals surface area contributed by atoms with Crippen LogP contribution in [-0.4, -0.2) is 42.1 Å². The first-order valence-corrected chi connectivity index (χ1v) is 6.95. The Morgan fingerprint density at radius 3 is 3.06 bits per heavy atom. The summed E-state index contributed by atoms with van der Waals surface area (Å²) in [4.78, 5) is 10.9. The molecule has 18 heavy (non-hydrogen) atoms. The zero-order valence-electron chi connectivity index (χ0n) is 9.83. The maximum atomic E-state index is 5.74. The molecule has 2 fully saturated rings. The summed E-state index contributed by atoms with van der Waals surface area (Å²) in [5.41, 5.74) is 1.01. The van der Waals surface area contributed by atoms with Crippen molar-refractivity contribution in [1.82, 2.24) is 9.97 Å². The SMILES string of the molecule is c1nc(N2CCC3(C2)OCCO3)c2sccc2n1. The van der Waals surface area contributed by atoms with Gasteiger partial charge in [-0.15, -0.1) is 11.3 Å². The standard InChI is InChI=1S/C12H13N3O2S/c1-6-18-10-9(1)13-8-14-11(10)15-3-2-12(7-15)16-4-5-17-12/h1,6,8H,2-5,7H2. The third kappa shape index (κ3) is 1.53. The predicted octanol–water partition coefficient (Wildman–Crippen LogP) is 1.64. The number of aromatic nitrogens is 2. The summed E-state index contributed by atoms with van der Waals surface area (Å²) in [6.07, 6.45) is 2.54. The zero-order valence-corrected chi connectivity index (χ0v) is 10.7. The molecule has 5 nitrogen and oxygen atoms in total. The maximum Gasteiger partial charge on any atom is 0.187 e. The second-order valence-corrected chi connectivity index (χ2v) is 5.53. The number of anilines is 1. The lowest BCUT2D eigenvalue weighted by atomic mass is 10.2. The molecule has 1 spiro atoms. The van der Waals surface area contributed by atoms with Crippen molar-refractivity contribution in [3.63, 3.8) is 0 Å². The Bertz CT molecular complexity index is 579. The Balaban J connectivity index is 1.70. The second kappa shape index (κ2) is 3.88. The van der Waals surface area contributed by atoms with Gasteiger partial charge in [0.05, 0.1) is 30.0 Å². The lowest BCUT2D eigenvalue weighted by molar-refractivity contribution is -0.137. The smallest absolute Gasteiger partial charge is 0.187 e. The van der Waals surface area contributed by atoms with E-state index in [4.69, 9.17) is 9.47 Å². The first-order valence-electron chi connectivity index (χ1n) is 6.07. The molecule has 0 radical (unpaired) electrons. The quantitative estimate of drug-likeness (QED) is 0.783. The Morgan fingerprint density at radius 1 is 1.28 bits per heavy atom. The fraction of sp³-hybridized carbons (Fsp3) is 0.500. The van der Waals surface area contributed by atoms with Crippen LogP contribution in [0.3, 0.4) is 0 Å². The monoisotopic (exact) mass is 263 g/mol. The number of ether oxygens (including phenoxy) is 2. The summed E-state index contributed by atoms with van der Waals surface area (Å²) < 4.78 is 12.6. The van der Waals surface area contributed by atoms with Gasteiger partial charge < -0.3 is 14.4 Å². The van der Waals surface area contributed by atoms with Crippen LogP contribution in [0.4, 0.5) is 5.82 Å². The van der Waals surface area contributed by atoms with Crippen LogP contribution >= 0.6 is 11.3 Å². The molecule has 2 aromatic heterocycles. The molecule has 94 valence electrons. The van der Waals surface area contributed by atoms with E-state index in [1.165, 1.54) is 0 Å². The van der Waals surface area contributed by atoms with Gasteiger partial charge in [0.2, 0.25) is 0 Å². The first-order chi connectivity index (χ1) is 8.86. The Labute approximate surface area is 108 Å². The summed E-state index contributed by atoms with van der Waals surface area (Å²) in [5.74, 6) is 0.611. The Hall–Kier alpha value is -1.24. The van der Waals surface area contributed by atoms with Crippen molar-refractivity contribution in [1.29, 1.82) is 0 Å². The van der Waals surface area contributed by atoms with Crippen molar-refractivity contribution in [2.75, 3.05) is 31.2 Å². The van der Waals surface area contributed by atoms with Gasteiger partial charge in [0, 0.05) is 13.0 Å². The van der Waals surface area contributed by atoms with Gasteiger partial charge >= 0.3 is 0 Å². The minimum Gasteiger partial charge on any atom is -0.350 e. The molecule has 6 heteroatoms. The third-order valence-corrected chi connectivity index (χ3v) is 4.43. The third-order valence-electron chi connectivity index (χ3n) is 3.53. The molecule has 4 heterocycles. The molecular weight excluding hydrogens is 250 g/mol. The van der Waals surface area contributed by atoms with Crippen molar-refractivity contribution < 1.29 is 9.47 Å². The highest BCUT2D eigenvalue weighted by Crippen LogP contribution is 2.36. The summed E-state index contributed by atoms with van der Waals surface area (Å²) in [6.45, 7) is 3.08. The molecule has 2 aliphatic heterocycles. The van der Waals surface area contributed by atoms with Crippen LogP contribution in [0.25, 0.3) is 10.2 Å². The van der Waals surface area contributed by atoms with Gasteiger partial charge in [0.15, 0.2) is 5.79 Å². The average molecular weight is 263 g/mol. The molecule has 0 aliphatic carbocycles. The van der Waals surface area contributed by atoms with Crippen LogP contribution in [0.1, 0.15) is 6.42 Å². The van der Waals surface area contributed by atoms with E-state index in [0.717, 1.165) is 35.5 Å². The molecular formula is C12H13N3O2S. The highest BCUT2D eigenvalue weighted by Gasteiger charge is 2.44. The maximum absolute atomic E-state index is 5.74. The minimum atomic E-state index is -0.394. The number of hydrogen-bond acceptors (Lipinski definition) is 6. The lowest BCUT2D eigenvalue weighted by Gasteiger charge is -2.22. The van der Waals surface area contributed by atoms with Gasteiger partial charge in [-0.3, -0.25) is 0 Å². The van der Waals surface area contributed by atoms with Gasteiger partial charge in [0.25, 0.3) is 0 Å². The van der Waals surface area contributed by atoms with Gasteiger partial charge in [-0.2, -0.15) is 0 Å². The molecule has 2 aliphatic rings. The van der Waals surface area contributed by atoms with Crippen LogP contribution in [0.15, 0.2) is 17.8 Å².